The van der Waals surface area contributed by atoms with Gasteiger partial charge in [0.1, 0.15) is 0 Å². The third-order valence-electron chi connectivity index (χ3n) is 4.48. The fraction of sp³-hybridized carbons (Fsp3) is 0.500. The molecule has 1 aromatic rings. The van der Waals surface area contributed by atoms with Crippen LogP contribution in [0.5, 0.6) is 0 Å². The highest BCUT2D eigenvalue weighted by Crippen LogP contribution is 2.62. The second-order valence-corrected chi connectivity index (χ2v) is 5.60. The molecule has 2 heteroatoms. The molecule has 2 aliphatic rings. The van der Waals surface area contributed by atoms with Crippen molar-refractivity contribution in [2.24, 2.45) is 17.3 Å². The Hall–Kier alpha value is -1.49. The molecule has 0 N–H and O–H groups in total. The summed E-state index contributed by atoms with van der Waals surface area (Å²) in [5, 5.41) is 8.75. The Labute approximate surface area is 96.5 Å². The monoisotopic (exact) mass is 212 g/mol. The Kier molecular flexibility index (Phi) is 1.83. The van der Waals surface area contributed by atoms with Gasteiger partial charge in [-0.25, -0.2) is 0 Å². The number of rotatable bonds is 1. The molecular formula is C14H16N2. The summed E-state index contributed by atoms with van der Waals surface area (Å²) >= 11 is 0. The number of piperidine rings is 1. The van der Waals surface area contributed by atoms with Crippen LogP contribution >= 0.6 is 0 Å². The molecular weight excluding hydrogens is 196 g/mol. The third kappa shape index (κ3) is 1.24. The first-order valence-corrected chi connectivity index (χ1v) is 5.88. The summed E-state index contributed by atoms with van der Waals surface area (Å²) in [7, 11) is 0. The summed E-state index contributed by atoms with van der Waals surface area (Å²) in [4.78, 5) is 2.45. The van der Waals surface area contributed by atoms with E-state index in [2.05, 4.69) is 36.9 Å². The van der Waals surface area contributed by atoms with Gasteiger partial charge in [0.05, 0.1) is 11.6 Å². The minimum absolute atomic E-state index is 0.573. The highest BCUT2D eigenvalue weighted by atomic mass is 15.2. The van der Waals surface area contributed by atoms with E-state index in [0.29, 0.717) is 5.41 Å². The first-order chi connectivity index (χ1) is 7.63. The largest absolute Gasteiger partial charge is 0.371 e. The summed E-state index contributed by atoms with van der Waals surface area (Å²) in [5.41, 5.74) is 2.58. The summed E-state index contributed by atoms with van der Waals surface area (Å²) < 4.78 is 0. The Bertz CT molecular complexity index is 439. The molecule has 1 saturated carbocycles. The maximum atomic E-state index is 8.75. The van der Waals surface area contributed by atoms with Gasteiger partial charge >= 0.3 is 0 Å². The zero-order chi connectivity index (χ0) is 11.3. The number of hydrogen-bond acceptors (Lipinski definition) is 2. The molecule has 0 bridgehead atoms. The second kappa shape index (κ2) is 3.01. The van der Waals surface area contributed by atoms with Gasteiger partial charge in [0.2, 0.25) is 0 Å². The summed E-state index contributed by atoms with van der Waals surface area (Å²) in [5.74, 6) is 1.76. The van der Waals surface area contributed by atoms with Crippen molar-refractivity contribution in [1.82, 2.24) is 0 Å². The van der Waals surface area contributed by atoms with Crippen molar-refractivity contribution >= 4 is 5.69 Å². The average Bonchev–Trinajstić information content (AvgIpc) is 2.72. The van der Waals surface area contributed by atoms with Crippen LogP contribution in [0, 0.1) is 28.6 Å². The molecule has 0 aromatic heterocycles. The predicted molar refractivity (Wildman–Crippen MR) is 64.1 cm³/mol. The number of nitriles is 1. The fourth-order valence-corrected chi connectivity index (χ4v) is 3.09. The van der Waals surface area contributed by atoms with Crippen LogP contribution in [-0.2, 0) is 0 Å². The van der Waals surface area contributed by atoms with Crippen LogP contribution in [0.3, 0.4) is 0 Å². The predicted octanol–water partition coefficient (Wildman–Crippen LogP) is 2.65. The lowest BCUT2D eigenvalue weighted by atomic mass is 10.1. The molecule has 1 aliphatic carbocycles. The number of nitrogens with zero attached hydrogens (tertiary/aromatic N) is 2. The van der Waals surface area contributed by atoms with Crippen LogP contribution < -0.4 is 4.90 Å². The van der Waals surface area contributed by atoms with E-state index in [9.17, 15) is 0 Å². The smallest absolute Gasteiger partial charge is 0.0991 e. The first-order valence-electron chi connectivity index (χ1n) is 5.88. The highest BCUT2D eigenvalue weighted by Gasteiger charge is 2.61. The van der Waals surface area contributed by atoms with Crippen LogP contribution in [-0.4, -0.2) is 13.1 Å². The summed E-state index contributed by atoms with van der Waals surface area (Å²) in [6, 6.07) is 10.1. The number of fused-ring (bicyclic) bond motifs is 1. The molecule has 1 heterocycles. The van der Waals surface area contributed by atoms with Crippen LogP contribution in [0.2, 0.25) is 0 Å². The molecule has 0 spiro atoms. The van der Waals surface area contributed by atoms with E-state index in [0.717, 1.165) is 17.4 Å². The molecule has 1 aliphatic heterocycles. The van der Waals surface area contributed by atoms with Crippen LogP contribution in [0.25, 0.3) is 0 Å². The van der Waals surface area contributed by atoms with Gasteiger partial charge in [0.25, 0.3) is 0 Å². The Morgan fingerprint density at radius 3 is 2.25 bits per heavy atom. The lowest BCUT2D eigenvalue weighted by Gasteiger charge is -2.24. The van der Waals surface area contributed by atoms with E-state index in [1.807, 2.05) is 12.1 Å². The van der Waals surface area contributed by atoms with Gasteiger partial charge in [-0.05, 0) is 41.5 Å². The lowest BCUT2D eigenvalue weighted by Crippen LogP contribution is -2.25. The van der Waals surface area contributed by atoms with Crippen molar-refractivity contribution in [3.05, 3.63) is 29.8 Å². The minimum atomic E-state index is 0.573. The highest BCUT2D eigenvalue weighted by molar-refractivity contribution is 5.52. The van der Waals surface area contributed by atoms with Gasteiger partial charge in [0.15, 0.2) is 0 Å². The van der Waals surface area contributed by atoms with E-state index in [-0.39, 0.29) is 0 Å². The van der Waals surface area contributed by atoms with Crippen molar-refractivity contribution in [3.63, 3.8) is 0 Å². The molecule has 2 atom stereocenters. The van der Waals surface area contributed by atoms with Crippen molar-refractivity contribution in [2.45, 2.75) is 13.8 Å². The second-order valence-electron chi connectivity index (χ2n) is 5.60. The Balaban J connectivity index is 1.74. The zero-order valence-corrected chi connectivity index (χ0v) is 9.77. The quantitative estimate of drug-likeness (QED) is 0.715. The van der Waals surface area contributed by atoms with Gasteiger partial charge in [0, 0.05) is 18.8 Å². The summed E-state index contributed by atoms with van der Waals surface area (Å²) in [6.45, 7) is 7.12. The first kappa shape index (κ1) is 9.72. The Morgan fingerprint density at radius 1 is 1.19 bits per heavy atom. The van der Waals surface area contributed by atoms with Crippen LogP contribution in [0.4, 0.5) is 5.69 Å². The van der Waals surface area contributed by atoms with Crippen LogP contribution in [0.1, 0.15) is 19.4 Å². The zero-order valence-electron chi connectivity index (χ0n) is 9.77. The third-order valence-corrected chi connectivity index (χ3v) is 4.48. The number of benzene rings is 1. The van der Waals surface area contributed by atoms with Crippen molar-refractivity contribution in [2.75, 3.05) is 18.0 Å². The molecule has 1 saturated heterocycles. The van der Waals surface area contributed by atoms with Gasteiger partial charge in [-0.1, -0.05) is 13.8 Å². The van der Waals surface area contributed by atoms with Crippen molar-refractivity contribution in [1.29, 1.82) is 5.26 Å². The molecule has 0 amide bonds. The molecule has 2 fully saturated rings. The number of anilines is 1. The molecule has 1 aromatic carbocycles. The van der Waals surface area contributed by atoms with Crippen molar-refractivity contribution < 1.29 is 0 Å². The SMILES string of the molecule is CC1(C)C2CN(c3ccc(C#N)cc3)CC21. The molecule has 2 unspecified atom stereocenters. The van der Waals surface area contributed by atoms with E-state index in [1.165, 1.54) is 18.8 Å². The standard InChI is InChI=1S/C14H16N2/c1-14(2)12-8-16(9-13(12)14)11-5-3-10(7-15)4-6-11/h3-6,12-13H,8-9H2,1-2H3. The molecule has 3 rings (SSSR count). The molecule has 2 nitrogen and oxygen atoms in total. The summed E-state index contributed by atoms with van der Waals surface area (Å²) in [6.07, 6.45) is 0. The molecule has 16 heavy (non-hydrogen) atoms. The normalized spacial score (nSPS) is 29.7. The molecule has 0 radical (unpaired) electrons. The van der Waals surface area contributed by atoms with E-state index in [1.54, 1.807) is 0 Å². The fourth-order valence-electron chi connectivity index (χ4n) is 3.09. The minimum Gasteiger partial charge on any atom is -0.371 e. The molecule has 82 valence electrons. The average molecular weight is 212 g/mol. The van der Waals surface area contributed by atoms with Gasteiger partial charge in [-0.3, -0.25) is 0 Å². The van der Waals surface area contributed by atoms with Crippen LogP contribution in [0.15, 0.2) is 24.3 Å². The van der Waals surface area contributed by atoms with E-state index in [4.69, 9.17) is 5.26 Å². The number of hydrogen-bond donors (Lipinski definition) is 0. The Morgan fingerprint density at radius 2 is 1.75 bits per heavy atom. The van der Waals surface area contributed by atoms with Gasteiger partial charge in [-0.2, -0.15) is 5.26 Å². The van der Waals surface area contributed by atoms with E-state index < -0.39 is 0 Å². The van der Waals surface area contributed by atoms with E-state index >= 15 is 0 Å². The van der Waals surface area contributed by atoms with Crippen molar-refractivity contribution in [3.8, 4) is 6.07 Å². The lowest BCUT2D eigenvalue weighted by molar-refractivity contribution is 0.500. The van der Waals surface area contributed by atoms with Gasteiger partial charge < -0.3 is 4.90 Å². The van der Waals surface area contributed by atoms with Gasteiger partial charge in [-0.15, -0.1) is 0 Å². The topological polar surface area (TPSA) is 27.0 Å². The maximum absolute atomic E-state index is 8.75. The maximum Gasteiger partial charge on any atom is 0.0991 e.